The summed E-state index contributed by atoms with van der Waals surface area (Å²) < 4.78 is 0. The van der Waals surface area contributed by atoms with Crippen molar-refractivity contribution in [2.24, 2.45) is 0 Å². The fourth-order valence-electron chi connectivity index (χ4n) is 4.79. The number of carbonyl (C=O) groups excluding carboxylic acids is 1. The number of piperazine rings is 1. The molecule has 1 aliphatic heterocycles. The van der Waals surface area contributed by atoms with Gasteiger partial charge < -0.3 is 5.32 Å². The van der Waals surface area contributed by atoms with E-state index >= 15 is 0 Å². The number of benzene rings is 2. The summed E-state index contributed by atoms with van der Waals surface area (Å²) in [5.41, 5.74) is 2.67. The van der Waals surface area contributed by atoms with E-state index in [1.807, 2.05) is 0 Å². The van der Waals surface area contributed by atoms with Gasteiger partial charge in [-0.25, -0.2) is 0 Å². The molecule has 1 aliphatic carbocycles. The summed E-state index contributed by atoms with van der Waals surface area (Å²) >= 11 is 0. The first-order valence-electron chi connectivity index (χ1n) is 11.2. The molecule has 29 heavy (non-hydrogen) atoms. The summed E-state index contributed by atoms with van der Waals surface area (Å²) in [7, 11) is 0. The SMILES string of the molecule is O=C(CN1CCN(C(c2ccccc2)c2ccccc2)CC1)NC1CCCCC1. The lowest BCUT2D eigenvalue weighted by Crippen LogP contribution is -2.51. The molecule has 0 bridgehead atoms. The van der Waals surface area contributed by atoms with Crippen molar-refractivity contribution in [1.29, 1.82) is 0 Å². The Morgan fingerprint density at radius 1 is 0.828 bits per heavy atom. The first-order chi connectivity index (χ1) is 14.3. The van der Waals surface area contributed by atoms with E-state index in [4.69, 9.17) is 0 Å². The Balaban J connectivity index is 1.35. The van der Waals surface area contributed by atoms with E-state index in [1.54, 1.807) is 0 Å². The topological polar surface area (TPSA) is 35.6 Å². The zero-order valence-corrected chi connectivity index (χ0v) is 17.3. The number of nitrogens with zero attached hydrogens (tertiary/aromatic N) is 2. The zero-order valence-electron chi connectivity index (χ0n) is 17.3. The van der Waals surface area contributed by atoms with Crippen molar-refractivity contribution in [1.82, 2.24) is 15.1 Å². The number of rotatable bonds is 6. The van der Waals surface area contributed by atoms with Crippen molar-refractivity contribution >= 4 is 5.91 Å². The van der Waals surface area contributed by atoms with Gasteiger partial charge in [-0.2, -0.15) is 0 Å². The van der Waals surface area contributed by atoms with Crippen molar-refractivity contribution in [3.05, 3.63) is 71.8 Å². The molecule has 0 radical (unpaired) electrons. The second-order valence-corrected chi connectivity index (χ2v) is 8.44. The molecule has 4 rings (SSSR count). The monoisotopic (exact) mass is 391 g/mol. The number of carbonyl (C=O) groups is 1. The molecule has 2 fully saturated rings. The molecule has 1 saturated carbocycles. The smallest absolute Gasteiger partial charge is 0.234 e. The molecule has 0 spiro atoms. The Labute approximate surface area is 174 Å². The lowest BCUT2D eigenvalue weighted by Gasteiger charge is -2.39. The van der Waals surface area contributed by atoms with Gasteiger partial charge in [0.15, 0.2) is 0 Å². The van der Waals surface area contributed by atoms with Crippen LogP contribution in [0.2, 0.25) is 0 Å². The van der Waals surface area contributed by atoms with Crippen LogP contribution in [0.3, 0.4) is 0 Å². The molecule has 1 heterocycles. The summed E-state index contributed by atoms with van der Waals surface area (Å²) in [4.78, 5) is 17.3. The predicted molar refractivity (Wildman–Crippen MR) is 118 cm³/mol. The molecule has 1 amide bonds. The van der Waals surface area contributed by atoms with Gasteiger partial charge in [-0.1, -0.05) is 79.9 Å². The lowest BCUT2D eigenvalue weighted by molar-refractivity contribution is -0.123. The maximum absolute atomic E-state index is 12.5. The molecule has 154 valence electrons. The molecule has 4 nitrogen and oxygen atoms in total. The van der Waals surface area contributed by atoms with Gasteiger partial charge in [0.25, 0.3) is 0 Å². The van der Waals surface area contributed by atoms with Crippen LogP contribution >= 0.6 is 0 Å². The van der Waals surface area contributed by atoms with Crippen molar-refractivity contribution < 1.29 is 4.79 Å². The molecule has 1 saturated heterocycles. The highest BCUT2D eigenvalue weighted by Gasteiger charge is 2.27. The fourth-order valence-corrected chi connectivity index (χ4v) is 4.79. The van der Waals surface area contributed by atoms with E-state index in [2.05, 4.69) is 75.8 Å². The van der Waals surface area contributed by atoms with Crippen LogP contribution in [0.4, 0.5) is 0 Å². The molecule has 2 aromatic rings. The molecular weight excluding hydrogens is 358 g/mol. The van der Waals surface area contributed by atoms with Crippen molar-refractivity contribution in [3.63, 3.8) is 0 Å². The van der Waals surface area contributed by atoms with Crippen LogP contribution in [0.15, 0.2) is 60.7 Å². The Morgan fingerprint density at radius 3 is 1.93 bits per heavy atom. The first kappa shape index (κ1) is 20.1. The van der Waals surface area contributed by atoms with Gasteiger partial charge in [0.2, 0.25) is 5.91 Å². The number of amides is 1. The fraction of sp³-hybridized carbons (Fsp3) is 0.480. The van der Waals surface area contributed by atoms with E-state index < -0.39 is 0 Å². The average Bonchev–Trinajstić information content (AvgIpc) is 2.77. The van der Waals surface area contributed by atoms with Crippen LogP contribution in [0.25, 0.3) is 0 Å². The molecule has 2 aromatic carbocycles. The summed E-state index contributed by atoms with van der Waals surface area (Å²) in [5, 5.41) is 3.26. The van der Waals surface area contributed by atoms with Crippen LogP contribution in [0.5, 0.6) is 0 Å². The number of nitrogens with one attached hydrogen (secondary N) is 1. The van der Waals surface area contributed by atoms with Crippen LogP contribution in [-0.2, 0) is 4.79 Å². The van der Waals surface area contributed by atoms with Gasteiger partial charge >= 0.3 is 0 Å². The summed E-state index contributed by atoms with van der Waals surface area (Å²) in [6, 6.07) is 22.2. The molecule has 0 atom stereocenters. The quantitative estimate of drug-likeness (QED) is 0.813. The summed E-state index contributed by atoms with van der Waals surface area (Å²) in [5.74, 6) is 0.202. The molecule has 4 heteroatoms. The predicted octanol–water partition coefficient (Wildman–Crippen LogP) is 3.84. The summed E-state index contributed by atoms with van der Waals surface area (Å²) in [6.45, 7) is 4.37. The zero-order chi connectivity index (χ0) is 19.9. The lowest BCUT2D eigenvalue weighted by atomic mass is 9.95. The standard InChI is InChI=1S/C25H33N3O/c29-24(26-23-14-8-3-9-15-23)20-27-16-18-28(19-17-27)25(21-10-4-1-5-11-21)22-12-6-2-7-13-22/h1-2,4-7,10-13,23,25H,3,8-9,14-20H2,(H,26,29). The molecule has 0 unspecified atom stereocenters. The number of hydrogen-bond donors (Lipinski definition) is 1. The maximum atomic E-state index is 12.5. The Hall–Kier alpha value is -2.17. The highest BCUT2D eigenvalue weighted by atomic mass is 16.2. The van der Waals surface area contributed by atoms with Crippen LogP contribution in [0.1, 0.15) is 49.3 Å². The van der Waals surface area contributed by atoms with E-state index in [0.29, 0.717) is 12.6 Å². The Bertz CT molecular complexity index is 711. The van der Waals surface area contributed by atoms with Gasteiger partial charge in [0.1, 0.15) is 0 Å². The minimum absolute atomic E-state index is 0.202. The minimum atomic E-state index is 0.202. The minimum Gasteiger partial charge on any atom is -0.352 e. The third-order valence-corrected chi connectivity index (χ3v) is 6.34. The molecule has 2 aliphatic rings. The van der Waals surface area contributed by atoms with E-state index in [1.165, 1.54) is 30.4 Å². The third-order valence-electron chi connectivity index (χ3n) is 6.34. The van der Waals surface area contributed by atoms with E-state index in [-0.39, 0.29) is 11.9 Å². The van der Waals surface area contributed by atoms with Gasteiger partial charge in [-0.05, 0) is 24.0 Å². The second-order valence-electron chi connectivity index (χ2n) is 8.44. The van der Waals surface area contributed by atoms with E-state index in [0.717, 1.165) is 39.0 Å². The highest BCUT2D eigenvalue weighted by molar-refractivity contribution is 5.78. The third kappa shape index (κ3) is 5.46. The van der Waals surface area contributed by atoms with Crippen LogP contribution < -0.4 is 5.32 Å². The highest BCUT2D eigenvalue weighted by Crippen LogP contribution is 2.29. The van der Waals surface area contributed by atoms with Gasteiger partial charge in [0, 0.05) is 32.2 Å². The van der Waals surface area contributed by atoms with Gasteiger partial charge in [-0.3, -0.25) is 14.6 Å². The molecule has 1 N–H and O–H groups in total. The van der Waals surface area contributed by atoms with Gasteiger partial charge in [0.05, 0.1) is 12.6 Å². The summed E-state index contributed by atoms with van der Waals surface area (Å²) in [6.07, 6.45) is 6.12. The molecular formula is C25H33N3O. The second kappa shape index (κ2) is 10.0. The largest absolute Gasteiger partial charge is 0.352 e. The Kier molecular flexibility index (Phi) is 6.96. The normalized spacial score (nSPS) is 19.3. The van der Waals surface area contributed by atoms with Crippen LogP contribution in [-0.4, -0.2) is 54.5 Å². The average molecular weight is 392 g/mol. The van der Waals surface area contributed by atoms with Crippen molar-refractivity contribution in [2.75, 3.05) is 32.7 Å². The first-order valence-corrected chi connectivity index (χ1v) is 11.2. The Morgan fingerprint density at radius 2 is 1.38 bits per heavy atom. The van der Waals surface area contributed by atoms with Crippen LogP contribution in [0, 0.1) is 0 Å². The van der Waals surface area contributed by atoms with Gasteiger partial charge in [-0.15, -0.1) is 0 Å². The van der Waals surface area contributed by atoms with Crippen molar-refractivity contribution in [3.8, 4) is 0 Å². The maximum Gasteiger partial charge on any atom is 0.234 e. The molecule has 0 aromatic heterocycles. The number of hydrogen-bond acceptors (Lipinski definition) is 3. The van der Waals surface area contributed by atoms with Crippen molar-refractivity contribution in [2.45, 2.75) is 44.2 Å². The van der Waals surface area contributed by atoms with E-state index in [9.17, 15) is 4.79 Å².